The zero-order chi connectivity index (χ0) is 5.98. The molecule has 0 saturated carbocycles. The predicted octanol–water partition coefficient (Wildman–Crippen LogP) is 0.531. The Labute approximate surface area is 46.7 Å². The van der Waals surface area contributed by atoms with Crippen molar-refractivity contribution in [2.24, 2.45) is 0 Å². The summed E-state index contributed by atoms with van der Waals surface area (Å²) in [5.41, 5.74) is 1.37. The van der Waals surface area contributed by atoms with Gasteiger partial charge in [-0.25, -0.2) is 0 Å². The number of carbonyl (C=O) groups excluding carboxylic acids is 1. The standard InChI is InChI=1S/C5H6N2O/c1-4-2-5(3-8)7-6-4/h2-3H,1H3,(H,6,7). The minimum absolute atomic E-state index is 0.461. The maximum absolute atomic E-state index is 9.94. The van der Waals surface area contributed by atoms with Crippen LogP contribution in [-0.2, 0) is 0 Å². The van der Waals surface area contributed by atoms with Crippen LogP contribution in [0.1, 0.15) is 16.2 Å². The first kappa shape index (κ1) is 5.03. The maximum Gasteiger partial charge on any atom is 0.170 e. The van der Waals surface area contributed by atoms with Crippen LogP contribution < -0.4 is 0 Å². The average molecular weight is 110 g/mol. The van der Waals surface area contributed by atoms with Gasteiger partial charge in [-0.05, 0) is 13.0 Å². The molecule has 8 heavy (non-hydrogen) atoms. The molecule has 0 atom stereocenters. The first-order chi connectivity index (χ1) is 3.83. The maximum atomic E-state index is 9.94. The lowest BCUT2D eigenvalue weighted by molar-refractivity contribution is 0.111. The molecule has 3 nitrogen and oxygen atoms in total. The first-order valence-corrected chi connectivity index (χ1v) is 2.30. The molecule has 0 aliphatic carbocycles. The molecule has 1 heterocycles. The van der Waals surface area contributed by atoms with E-state index in [0.717, 1.165) is 5.69 Å². The van der Waals surface area contributed by atoms with Crippen molar-refractivity contribution >= 4 is 6.29 Å². The Hall–Kier alpha value is -1.12. The van der Waals surface area contributed by atoms with Crippen molar-refractivity contribution in [3.8, 4) is 0 Å². The van der Waals surface area contributed by atoms with Crippen molar-refractivity contribution in [3.05, 3.63) is 17.5 Å². The smallest absolute Gasteiger partial charge is 0.170 e. The first-order valence-electron chi connectivity index (χ1n) is 2.30. The molecule has 1 aromatic heterocycles. The summed E-state index contributed by atoms with van der Waals surface area (Å²) in [4.78, 5) is 9.94. The van der Waals surface area contributed by atoms with Gasteiger partial charge >= 0.3 is 0 Å². The number of rotatable bonds is 1. The predicted molar refractivity (Wildman–Crippen MR) is 28.7 cm³/mol. The molecule has 0 aromatic carbocycles. The van der Waals surface area contributed by atoms with E-state index in [2.05, 4.69) is 10.2 Å². The topological polar surface area (TPSA) is 45.8 Å². The molecule has 0 bridgehead atoms. The molecule has 0 amide bonds. The summed E-state index contributed by atoms with van der Waals surface area (Å²) < 4.78 is 0. The van der Waals surface area contributed by atoms with Crippen molar-refractivity contribution < 1.29 is 4.79 Å². The second-order valence-corrected chi connectivity index (χ2v) is 1.59. The highest BCUT2D eigenvalue weighted by Gasteiger charge is 1.90. The average Bonchev–Trinajstić information content (AvgIpc) is 2.14. The number of aldehydes is 1. The van der Waals surface area contributed by atoms with Gasteiger partial charge in [0, 0.05) is 5.69 Å². The van der Waals surface area contributed by atoms with Gasteiger partial charge in [-0.2, -0.15) is 5.10 Å². The van der Waals surface area contributed by atoms with E-state index in [9.17, 15) is 4.79 Å². The fourth-order valence-corrected chi connectivity index (χ4v) is 0.499. The Morgan fingerprint density at radius 3 is 2.88 bits per heavy atom. The molecule has 1 aromatic rings. The number of nitrogens with one attached hydrogen (secondary N) is 1. The highest BCUT2D eigenvalue weighted by Crippen LogP contribution is 1.91. The van der Waals surface area contributed by atoms with Crippen molar-refractivity contribution in [2.75, 3.05) is 0 Å². The van der Waals surface area contributed by atoms with Gasteiger partial charge in [-0.1, -0.05) is 0 Å². The van der Waals surface area contributed by atoms with Crippen LogP contribution in [0.3, 0.4) is 0 Å². The zero-order valence-electron chi connectivity index (χ0n) is 4.51. The lowest BCUT2D eigenvalue weighted by atomic mass is 10.4. The minimum atomic E-state index is 0.461. The third kappa shape index (κ3) is 0.753. The van der Waals surface area contributed by atoms with Crippen LogP contribution in [0.15, 0.2) is 6.07 Å². The highest BCUT2D eigenvalue weighted by atomic mass is 16.1. The number of nitrogens with zero attached hydrogens (tertiary/aromatic N) is 1. The Morgan fingerprint density at radius 1 is 1.88 bits per heavy atom. The summed E-state index contributed by atoms with van der Waals surface area (Å²) in [6.07, 6.45) is 0.712. The van der Waals surface area contributed by atoms with Crippen LogP contribution in [-0.4, -0.2) is 16.5 Å². The molecule has 0 radical (unpaired) electrons. The van der Waals surface area contributed by atoms with Crippen LogP contribution in [0, 0.1) is 6.92 Å². The molecule has 0 aliphatic rings. The van der Waals surface area contributed by atoms with E-state index in [1.54, 1.807) is 6.07 Å². The molecule has 0 saturated heterocycles. The minimum Gasteiger partial charge on any atom is -0.296 e. The van der Waals surface area contributed by atoms with E-state index in [4.69, 9.17) is 0 Å². The van der Waals surface area contributed by atoms with Gasteiger partial charge in [-0.3, -0.25) is 9.89 Å². The number of hydrogen-bond acceptors (Lipinski definition) is 2. The Morgan fingerprint density at radius 2 is 2.62 bits per heavy atom. The second kappa shape index (κ2) is 1.78. The van der Waals surface area contributed by atoms with Gasteiger partial charge in [0.25, 0.3) is 0 Å². The SMILES string of the molecule is Cc1cc(C=O)n[nH]1. The molecule has 0 fully saturated rings. The number of aromatic nitrogens is 2. The van der Waals surface area contributed by atoms with Crippen LogP contribution in [0.5, 0.6) is 0 Å². The molecule has 42 valence electrons. The van der Waals surface area contributed by atoms with Gasteiger partial charge < -0.3 is 0 Å². The number of aromatic amines is 1. The van der Waals surface area contributed by atoms with Crippen molar-refractivity contribution in [1.82, 2.24) is 10.2 Å². The van der Waals surface area contributed by atoms with Crippen LogP contribution >= 0.6 is 0 Å². The van der Waals surface area contributed by atoms with E-state index < -0.39 is 0 Å². The van der Waals surface area contributed by atoms with Crippen molar-refractivity contribution in [1.29, 1.82) is 0 Å². The third-order valence-electron chi connectivity index (χ3n) is 0.846. The lowest BCUT2D eigenvalue weighted by Crippen LogP contribution is -1.75. The Balaban J connectivity index is 3.00. The zero-order valence-corrected chi connectivity index (χ0v) is 4.51. The fourth-order valence-electron chi connectivity index (χ4n) is 0.499. The summed E-state index contributed by atoms with van der Waals surface area (Å²) in [6, 6.07) is 1.69. The molecule has 0 aliphatic heterocycles. The lowest BCUT2D eigenvalue weighted by Gasteiger charge is -1.68. The highest BCUT2D eigenvalue weighted by molar-refractivity contribution is 5.71. The van der Waals surface area contributed by atoms with Gasteiger partial charge in [-0.15, -0.1) is 0 Å². The van der Waals surface area contributed by atoms with Crippen molar-refractivity contribution in [2.45, 2.75) is 6.92 Å². The van der Waals surface area contributed by atoms with E-state index in [1.165, 1.54) is 0 Å². The second-order valence-electron chi connectivity index (χ2n) is 1.59. The monoisotopic (exact) mass is 110 g/mol. The van der Waals surface area contributed by atoms with Gasteiger partial charge in [0.05, 0.1) is 0 Å². The molecule has 0 spiro atoms. The van der Waals surface area contributed by atoms with E-state index in [1.807, 2.05) is 6.92 Å². The number of carbonyl (C=O) groups is 1. The Bertz CT molecular complexity index is 192. The largest absolute Gasteiger partial charge is 0.296 e. The summed E-state index contributed by atoms with van der Waals surface area (Å²) in [7, 11) is 0. The summed E-state index contributed by atoms with van der Waals surface area (Å²) in [5, 5.41) is 6.28. The van der Waals surface area contributed by atoms with E-state index in [0.29, 0.717) is 12.0 Å². The molecule has 1 N–H and O–H groups in total. The third-order valence-corrected chi connectivity index (χ3v) is 0.846. The molecule has 1 rings (SSSR count). The van der Waals surface area contributed by atoms with E-state index in [-0.39, 0.29) is 0 Å². The normalized spacial score (nSPS) is 9.12. The molecular formula is C5H6N2O. The van der Waals surface area contributed by atoms with Crippen molar-refractivity contribution in [3.63, 3.8) is 0 Å². The Kier molecular flexibility index (Phi) is 1.12. The van der Waals surface area contributed by atoms with Gasteiger partial charge in [0.1, 0.15) is 5.69 Å². The van der Waals surface area contributed by atoms with Crippen LogP contribution in [0.4, 0.5) is 0 Å². The molecule has 3 heteroatoms. The molecular weight excluding hydrogens is 104 g/mol. The fraction of sp³-hybridized carbons (Fsp3) is 0.200. The van der Waals surface area contributed by atoms with Gasteiger partial charge in [0.15, 0.2) is 6.29 Å². The van der Waals surface area contributed by atoms with Crippen LogP contribution in [0.25, 0.3) is 0 Å². The summed E-state index contributed by atoms with van der Waals surface area (Å²) >= 11 is 0. The van der Waals surface area contributed by atoms with Gasteiger partial charge in [0.2, 0.25) is 0 Å². The number of H-pyrrole nitrogens is 1. The number of aryl methyl sites for hydroxylation is 1. The van der Waals surface area contributed by atoms with Crippen LogP contribution in [0.2, 0.25) is 0 Å². The molecule has 0 unspecified atom stereocenters. The quantitative estimate of drug-likeness (QED) is 0.536. The summed E-state index contributed by atoms with van der Waals surface area (Å²) in [5.74, 6) is 0. The van der Waals surface area contributed by atoms with E-state index >= 15 is 0 Å². The summed E-state index contributed by atoms with van der Waals surface area (Å²) in [6.45, 7) is 1.85. The number of hydrogen-bond donors (Lipinski definition) is 1.